The number of ether oxygens (including phenoxy) is 1. The average Bonchev–Trinajstić information content (AvgIpc) is 2.17. The normalized spacial score (nSPS) is 13.2. The largest absolute Gasteiger partial charge is 0.481 e. The van der Waals surface area contributed by atoms with Crippen LogP contribution in [0.3, 0.4) is 0 Å². The maximum absolute atomic E-state index is 11.3. The molecule has 0 spiro atoms. The molecule has 0 aromatic heterocycles. The van der Waals surface area contributed by atoms with Crippen LogP contribution in [0.15, 0.2) is 0 Å². The summed E-state index contributed by atoms with van der Waals surface area (Å²) < 4.78 is 4.92. The number of hydrogen-bond donors (Lipinski definition) is 2. The quantitative estimate of drug-likeness (QED) is 0.507. The third kappa shape index (κ3) is 4.61. The fourth-order valence-electron chi connectivity index (χ4n) is 0.983. The third-order valence-corrected chi connectivity index (χ3v) is 2.63. The van der Waals surface area contributed by atoms with Crippen LogP contribution in [0.1, 0.15) is 40.0 Å². The molecule has 0 aromatic rings. The highest BCUT2D eigenvalue weighted by Gasteiger charge is 2.35. The van der Waals surface area contributed by atoms with Crippen LogP contribution in [0, 0.1) is 5.41 Å². The number of aliphatic carboxylic acids is 1. The Bertz CT molecular complexity index is 250. The second-order valence-corrected chi connectivity index (χ2v) is 4.41. The molecule has 0 aromatic carbocycles. The van der Waals surface area contributed by atoms with E-state index in [-0.39, 0.29) is 6.42 Å². The minimum Gasteiger partial charge on any atom is -0.481 e. The van der Waals surface area contributed by atoms with Gasteiger partial charge in [0, 0.05) is 6.04 Å². The molecule has 1 atom stereocenters. The van der Waals surface area contributed by atoms with E-state index < -0.39 is 23.4 Å². The van der Waals surface area contributed by atoms with Crippen molar-refractivity contribution in [1.82, 2.24) is 0 Å². The molecule has 0 heterocycles. The molecule has 0 fully saturated rings. The van der Waals surface area contributed by atoms with Gasteiger partial charge in [0.05, 0.1) is 18.4 Å². The zero-order valence-corrected chi connectivity index (χ0v) is 10.2. The maximum Gasteiger partial charge on any atom is 0.310 e. The number of carbonyl (C=O) groups is 2. The molecule has 0 aliphatic rings. The van der Waals surface area contributed by atoms with Crippen LogP contribution >= 0.6 is 0 Å². The Hall–Kier alpha value is -1.10. The first kappa shape index (κ1) is 14.9. The van der Waals surface area contributed by atoms with Crippen molar-refractivity contribution in [2.45, 2.75) is 46.1 Å². The number of carboxylic acids is 1. The first-order valence-electron chi connectivity index (χ1n) is 5.47. The zero-order chi connectivity index (χ0) is 12.8. The highest BCUT2D eigenvalue weighted by molar-refractivity contribution is 5.77. The maximum atomic E-state index is 11.3. The Kier molecular flexibility index (Phi) is 6.03. The highest BCUT2D eigenvalue weighted by atomic mass is 16.5. The lowest BCUT2D eigenvalue weighted by Crippen LogP contribution is -2.44. The predicted molar refractivity (Wildman–Crippen MR) is 59.9 cm³/mol. The van der Waals surface area contributed by atoms with Gasteiger partial charge >= 0.3 is 11.9 Å². The van der Waals surface area contributed by atoms with E-state index in [1.807, 2.05) is 6.92 Å². The minimum absolute atomic E-state index is 0.0665. The Morgan fingerprint density at radius 1 is 1.44 bits per heavy atom. The standard InChI is InChI=1S/C11H21NO4/c1-4-5-6-16-9(13)7-8(12)11(2,3)10(14)15/h8H,4-7,12H2,1-3H3,(H,14,15). The highest BCUT2D eigenvalue weighted by Crippen LogP contribution is 2.21. The van der Waals surface area contributed by atoms with Gasteiger partial charge in [0.1, 0.15) is 0 Å². The summed E-state index contributed by atoms with van der Waals surface area (Å²) in [6, 6.07) is -0.737. The van der Waals surface area contributed by atoms with E-state index in [0.29, 0.717) is 6.61 Å². The van der Waals surface area contributed by atoms with Crippen LogP contribution in [0.4, 0.5) is 0 Å². The lowest BCUT2D eigenvalue weighted by molar-refractivity contribution is -0.150. The molecule has 0 bridgehead atoms. The number of hydrogen-bond acceptors (Lipinski definition) is 4. The van der Waals surface area contributed by atoms with Gasteiger partial charge in [-0.15, -0.1) is 0 Å². The second-order valence-electron chi connectivity index (χ2n) is 4.41. The van der Waals surface area contributed by atoms with Crippen molar-refractivity contribution in [3.05, 3.63) is 0 Å². The fraction of sp³-hybridized carbons (Fsp3) is 0.818. The van der Waals surface area contributed by atoms with E-state index >= 15 is 0 Å². The summed E-state index contributed by atoms with van der Waals surface area (Å²) in [5.41, 5.74) is 4.55. The summed E-state index contributed by atoms with van der Waals surface area (Å²) in [5.74, 6) is -1.45. The van der Waals surface area contributed by atoms with Crippen LogP contribution < -0.4 is 5.73 Å². The topological polar surface area (TPSA) is 89.6 Å². The molecule has 0 aliphatic heterocycles. The van der Waals surface area contributed by atoms with Crippen LogP contribution in [-0.4, -0.2) is 29.7 Å². The molecule has 0 amide bonds. The minimum atomic E-state index is -1.12. The lowest BCUT2D eigenvalue weighted by atomic mass is 9.83. The van der Waals surface area contributed by atoms with E-state index in [9.17, 15) is 9.59 Å². The van der Waals surface area contributed by atoms with Gasteiger partial charge in [-0.2, -0.15) is 0 Å². The van der Waals surface area contributed by atoms with Crippen molar-refractivity contribution in [3.63, 3.8) is 0 Å². The molecule has 16 heavy (non-hydrogen) atoms. The Balaban J connectivity index is 4.09. The fourth-order valence-corrected chi connectivity index (χ4v) is 0.983. The number of carbonyl (C=O) groups excluding carboxylic acids is 1. The molecule has 5 nitrogen and oxygen atoms in total. The van der Waals surface area contributed by atoms with E-state index in [4.69, 9.17) is 15.6 Å². The lowest BCUT2D eigenvalue weighted by Gasteiger charge is -2.26. The summed E-state index contributed by atoms with van der Waals surface area (Å²) in [6.45, 7) is 5.36. The van der Waals surface area contributed by atoms with E-state index in [2.05, 4.69) is 0 Å². The van der Waals surface area contributed by atoms with Crippen molar-refractivity contribution >= 4 is 11.9 Å². The van der Waals surface area contributed by atoms with Gasteiger partial charge in [0.2, 0.25) is 0 Å². The van der Waals surface area contributed by atoms with Crippen LogP contribution in [-0.2, 0) is 14.3 Å². The van der Waals surface area contributed by atoms with Crippen LogP contribution in [0.2, 0.25) is 0 Å². The summed E-state index contributed by atoms with van der Waals surface area (Å²) in [7, 11) is 0. The van der Waals surface area contributed by atoms with Crippen molar-refractivity contribution in [1.29, 1.82) is 0 Å². The van der Waals surface area contributed by atoms with Gasteiger partial charge in [0.15, 0.2) is 0 Å². The first-order valence-corrected chi connectivity index (χ1v) is 5.47. The van der Waals surface area contributed by atoms with Crippen molar-refractivity contribution in [3.8, 4) is 0 Å². The molecule has 0 saturated carbocycles. The van der Waals surface area contributed by atoms with Gasteiger partial charge in [-0.25, -0.2) is 0 Å². The molecule has 5 heteroatoms. The molecule has 0 saturated heterocycles. The van der Waals surface area contributed by atoms with E-state index in [1.54, 1.807) is 0 Å². The Morgan fingerprint density at radius 3 is 2.44 bits per heavy atom. The Morgan fingerprint density at radius 2 is 2.00 bits per heavy atom. The zero-order valence-electron chi connectivity index (χ0n) is 10.2. The molecular weight excluding hydrogens is 210 g/mol. The number of unbranched alkanes of at least 4 members (excludes halogenated alkanes) is 1. The second kappa shape index (κ2) is 6.48. The summed E-state index contributed by atoms with van der Waals surface area (Å²) in [6.07, 6.45) is 1.69. The van der Waals surface area contributed by atoms with Crippen molar-refractivity contribution in [2.75, 3.05) is 6.61 Å². The molecule has 3 N–H and O–H groups in total. The van der Waals surface area contributed by atoms with E-state index in [1.165, 1.54) is 13.8 Å². The summed E-state index contributed by atoms with van der Waals surface area (Å²) >= 11 is 0. The van der Waals surface area contributed by atoms with Gasteiger partial charge in [-0.3, -0.25) is 9.59 Å². The predicted octanol–water partition coefficient (Wildman–Crippen LogP) is 1.16. The number of nitrogens with two attached hydrogens (primary N) is 1. The van der Waals surface area contributed by atoms with Gasteiger partial charge in [-0.1, -0.05) is 13.3 Å². The monoisotopic (exact) mass is 231 g/mol. The molecule has 1 unspecified atom stereocenters. The van der Waals surface area contributed by atoms with Crippen molar-refractivity contribution in [2.24, 2.45) is 11.1 Å². The van der Waals surface area contributed by atoms with Gasteiger partial charge < -0.3 is 15.6 Å². The van der Waals surface area contributed by atoms with Crippen LogP contribution in [0.5, 0.6) is 0 Å². The average molecular weight is 231 g/mol. The molecule has 0 rings (SSSR count). The molecule has 94 valence electrons. The van der Waals surface area contributed by atoms with Crippen molar-refractivity contribution < 1.29 is 19.4 Å². The number of esters is 1. The van der Waals surface area contributed by atoms with Gasteiger partial charge in [0.25, 0.3) is 0 Å². The third-order valence-electron chi connectivity index (χ3n) is 2.63. The number of rotatable bonds is 7. The van der Waals surface area contributed by atoms with Crippen LogP contribution in [0.25, 0.3) is 0 Å². The SMILES string of the molecule is CCCCOC(=O)CC(N)C(C)(C)C(=O)O. The molecule has 0 radical (unpaired) electrons. The molecule has 0 aliphatic carbocycles. The van der Waals surface area contributed by atoms with E-state index in [0.717, 1.165) is 12.8 Å². The summed E-state index contributed by atoms with van der Waals surface area (Å²) in [4.78, 5) is 22.2. The number of carboxylic acid groups (broad SMARTS) is 1. The molecular formula is C11H21NO4. The smallest absolute Gasteiger partial charge is 0.310 e. The first-order chi connectivity index (χ1) is 7.32. The van der Waals surface area contributed by atoms with Gasteiger partial charge in [-0.05, 0) is 20.3 Å². The summed E-state index contributed by atoms with van der Waals surface area (Å²) in [5, 5.41) is 8.91. The Labute approximate surface area is 96.0 Å².